The zero-order valence-electron chi connectivity index (χ0n) is 9.02. The fraction of sp³-hybridized carbons (Fsp3) is 0.300. The highest BCUT2D eigenvalue weighted by Crippen LogP contribution is 2.04. The van der Waals surface area contributed by atoms with E-state index in [1.165, 1.54) is 18.3 Å². The summed E-state index contributed by atoms with van der Waals surface area (Å²) in [6.45, 7) is 3.67. The van der Waals surface area contributed by atoms with Gasteiger partial charge in [0.1, 0.15) is 5.82 Å². The van der Waals surface area contributed by atoms with E-state index in [0.29, 0.717) is 5.82 Å². The van der Waals surface area contributed by atoms with Crippen molar-refractivity contribution in [1.82, 2.24) is 10.3 Å². The zero-order chi connectivity index (χ0) is 12.1. The molecule has 0 radical (unpaired) electrons. The number of hydrogen-bond donors (Lipinski definition) is 3. The molecule has 0 saturated carbocycles. The molecule has 6 heteroatoms. The van der Waals surface area contributed by atoms with Gasteiger partial charge in [0.05, 0.1) is 5.56 Å². The van der Waals surface area contributed by atoms with Gasteiger partial charge in [-0.15, -0.1) is 0 Å². The molecular formula is C10H13N3O3. The molecule has 0 aromatic carbocycles. The Balaban J connectivity index is 2.62. The first-order chi connectivity index (χ1) is 7.49. The second-order valence-electron chi connectivity index (χ2n) is 3.49. The molecule has 86 valence electrons. The van der Waals surface area contributed by atoms with E-state index in [9.17, 15) is 9.59 Å². The molecule has 2 amide bonds. The number of amides is 2. The highest BCUT2D eigenvalue weighted by molar-refractivity contribution is 5.90. The van der Waals surface area contributed by atoms with Crippen molar-refractivity contribution in [2.24, 2.45) is 0 Å². The number of pyridine rings is 1. The summed E-state index contributed by atoms with van der Waals surface area (Å²) in [6, 6.07) is 2.47. The molecule has 0 aliphatic heterocycles. The number of aromatic carboxylic acids is 1. The number of urea groups is 1. The Kier molecular flexibility index (Phi) is 3.82. The second-order valence-corrected chi connectivity index (χ2v) is 3.49. The lowest BCUT2D eigenvalue weighted by atomic mass is 10.3. The number of nitrogens with one attached hydrogen (secondary N) is 2. The molecule has 0 bridgehead atoms. The molecular weight excluding hydrogens is 210 g/mol. The van der Waals surface area contributed by atoms with Gasteiger partial charge in [-0.3, -0.25) is 5.32 Å². The molecule has 0 aliphatic rings. The number of hydrogen-bond acceptors (Lipinski definition) is 3. The van der Waals surface area contributed by atoms with Crippen molar-refractivity contribution in [2.45, 2.75) is 19.9 Å². The number of nitrogens with zero attached hydrogens (tertiary/aromatic N) is 1. The van der Waals surface area contributed by atoms with E-state index < -0.39 is 5.97 Å². The molecule has 1 aromatic rings. The van der Waals surface area contributed by atoms with Gasteiger partial charge in [-0.05, 0) is 26.0 Å². The molecule has 6 nitrogen and oxygen atoms in total. The van der Waals surface area contributed by atoms with Crippen molar-refractivity contribution in [3.8, 4) is 0 Å². The summed E-state index contributed by atoms with van der Waals surface area (Å²) < 4.78 is 0. The maximum absolute atomic E-state index is 11.3. The Morgan fingerprint density at radius 1 is 1.38 bits per heavy atom. The average Bonchev–Trinajstić information content (AvgIpc) is 2.16. The van der Waals surface area contributed by atoms with Crippen LogP contribution in [0.5, 0.6) is 0 Å². The minimum atomic E-state index is -1.05. The Morgan fingerprint density at radius 2 is 2.06 bits per heavy atom. The minimum Gasteiger partial charge on any atom is -0.478 e. The van der Waals surface area contributed by atoms with E-state index in [0.717, 1.165) is 0 Å². The third-order valence-corrected chi connectivity index (χ3v) is 1.67. The third-order valence-electron chi connectivity index (χ3n) is 1.67. The molecule has 1 rings (SSSR count). The Morgan fingerprint density at radius 3 is 2.50 bits per heavy atom. The molecule has 0 fully saturated rings. The molecule has 0 aliphatic carbocycles. The van der Waals surface area contributed by atoms with Crippen LogP contribution in [0.15, 0.2) is 18.3 Å². The summed E-state index contributed by atoms with van der Waals surface area (Å²) in [7, 11) is 0. The van der Waals surface area contributed by atoms with E-state index in [-0.39, 0.29) is 17.6 Å². The smallest absolute Gasteiger partial charge is 0.337 e. The van der Waals surface area contributed by atoms with Gasteiger partial charge in [0, 0.05) is 12.2 Å². The molecule has 0 saturated heterocycles. The molecule has 1 heterocycles. The molecule has 1 aromatic heterocycles. The van der Waals surface area contributed by atoms with Crippen LogP contribution >= 0.6 is 0 Å². The maximum Gasteiger partial charge on any atom is 0.337 e. The highest BCUT2D eigenvalue weighted by atomic mass is 16.4. The van der Waals surface area contributed by atoms with Crippen LogP contribution in [-0.4, -0.2) is 28.1 Å². The van der Waals surface area contributed by atoms with Gasteiger partial charge in [-0.1, -0.05) is 0 Å². The van der Waals surface area contributed by atoms with Crippen LogP contribution in [0, 0.1) is 0 Å². The van der Waals surface area contributed by atoms with Crippen molar-refractivity contribution in [2.75, 3.05) is 5.32 Å². The highest BCUT2D eigenvalue weighted by Gasteiger charge is 2.06. The molecule has 0 atom stereocenters. The summed E-state index contributed by atoms with van der Waals surface area (Å²) in [5.74, 6) is -0.742. The molecule has 16 heavy (non-hydrogen) atoms. The monoisotopic (exact) mass is 223 g/mol. The summed E-state index contributed by atoms with van der Waals surface area (Å²) in [4.78, 5) is 25.6. The Bertz CT molecular complexity index is 387. The zero-order valence-corrected chi connectivity index (χ0v) is 9.02. The van der Waals surface area contributed by atoms with Gasteiger partial charge in [0.15, 0.2) is 0 Å². The SMILES string of the molecule is CC(C)NC(=O)Nc1ccc(C(=O)O)cn1. The standard InChI is InChI=1S/C10H13N3O3/c1-6(2)12-10(16)13-8-4-3-7(5-11-8)9(14)15/h3-6H,1-2H3,(H,14,15)(H2,11,12,13,16). The minimum absolute atomic E-state index is 0.0262. The summed E-state index contributed by atoms with van der Waals surface area (Å²) in [5.41, 5.74) is 0.0785. The number of carbonyl (C=O) groups excluding carboxylic acids is 1. The van der Waals surface area contributed by atoms with E-state index in [1.54, 1.807) is 0 Å². The van der Waals surface area contributed by atoms with Crippen molar-refractivity contribution < 1.29 is 14.7 Å². The lowest BCUT2D eigenvalue weighted by molar-refractivity contribution is 0.0696. The Labute approximate surface area is 92.7 Å². The van der Waals surface area contributed by atoms with Crippen LogP contribution in [-0.2, 0) is 0 Å². The van der Waals surface area contributed by atoms with Gasteiger partial charge in [0.25, 0.3) is 0 Å². The first-order valence-corrected chi connectivity index (χ1v) is 4.76. The van der Waals surface area contributed by atoms with Crippen LogP contribution in [0.4, 0.5) is 10.6 Å². The van der Waals surface area contributed by atoms with E-state index in [4.69, 9.17) is 5.11 Å². The molecule has 0 unspecified atom stereocenters. The van der Waals surface area contributed by atoms with E-state index >= 15 is 0 Å². The van der Waals surface area contributed by atoms with Crippen LogP contribution in [0.2, 0.25) is 0 Å². The van der Waals surface area contributed by atoms with Crippen molar-refractivity contribution in [3.63, 3.8) is 0 Å². The van der Waals surface area contributed by atoms with Crippen LogP contribution in [0.3, 0.4) is 0 Å². The number of rotatable bonds is 3. The van der Waals surface area contributed by atoms with Crippen LogP contribution < -0.4 is 10.6 Å². The van der Waals surface area contributed by atoms with Crippen LogP contribution in [0.25, 0.3) is 0 Å². The molecule has 3 N–H and O–H groups in total. The van der Waals surface area contributed by atoms with Gasteiger partial charge in [0.2, 0.25) is 0 Å². The number of carboxylic acid groups (broad SMARTS) is 1. The molecule has 0 spiro atoms. The first kappa shape index (κ1) is 12.0. The quantitative estimate of drug-likeness (QED) is 0.720. The first-order valence-electron chi connectivity index (χ1n) is 4.76. The van der Waals surface area contributed by atoms with Gasteiger partial charge >= 0.3 is 12.0 Å². The summed E-state index contributed by atoms with van der Waals surface area (Å²) in [5, 5.41) is 13.7. The van der Waals surface area contributed by atoms with E-state index in [2.05, 4.69) is 15.6 Å². The van der Waals surface area contributed by atoms with E-state index in [1.807, 2.05) is 13.8 Å². The predicted octanol–water partition coefficient (Wildman–Crippen LogP) is 1.31. The van der Waals surface area contributed by atoms with Crippen molar-refractivity contribution in [3.05, 3.63) is 23.9 Å². The van der Waals surface area contributed by atoms with Crippen molar-refractivity contribution >= 4 is 17.8 Å². The lowest BCUT2D eigenvalue weighted by Gasteiger charge is -2.09. The number of carbonyl (C=O) groups is 2. The predicted molar refractivity (Wildman–Crippen MR) is 58.5 cm³/mol. The fourth-order valence-corrected chi connectivity index (χ4v) is 1.01. The lowest BCUT2D eigenvalue weighted by Crippen LogP contribution is -2.34. The second kappa shape index (κ2) is 5.11. The van der Waals surface area contributed by atoms with Gasteiger partial charge in [-0.25, -0.2) is 14.6 Å². The summed E-state index contributed by atoms with van der Waals surface area (Å²) in [6.07, 6.45) is 1.19. The maximum atomic E-state index is 11.3. The topological polar surface area (TPSA) is 91.3 Å². The third kappa shape index (κ3) is 3.56. The normalized spacial score (nSPS) is 9.94. The van der Waals surface area contributed by atoms with Gasteiger partial charge < -0.3 is 10.4 Å². The average molecular weight is 223 g/mol. The van der Waals surface area contributed by atoms with Gasteiger partial charge in [-0.2, -0.15) is 0 Å². The summed E-state index contributed by atoms with van der Waals surface area (Å²) >= 11 is 0. The largest absolute Gasteiger partial charge is 0.478 e. The van der Waals surface area contributed by atoms with Crippen molar-refractivity contribution in [1.29, 1.82) is 0 Å². The fourth-order valence-electron chi connectivity index (χ4n) is 1.01. The number of anilines is 1. The van der Waals surface area contributed by atoms with Crippen LogP contribution in [0.1, 0.15) is 24.2 Å². The Hall–Kier alpha value is -2.11. The number of aromatic nitrogens is 1. The number of carboxylic acids is 1.